The molecule has 0 amide bonds. The number of methoxy groups -OCH3 is 1. The minimum atomic E-state index is 0.532. The van der Waals surface area contributed by atoms with Crippen LogP contribution < -0.4 is 4.74 Å². The molecule has 0 saturated heterocycles. The van der Waals surface area contributed by atoms with E-state index < -0.39 is 0 Å². The number of halogens is 2. The predicted octanol–water partition coefficient (Wildman–Crippen LogP) is 4.85. The molecule has 0 atom stereocenters. The van der Waals surface area contributed by atoms with E-state index in [4.69, 9.17) is 16.3 Å². The van der Waals surface area contributed by atoms with Crippen LogP contribution in [0.25, 0.3) is 17.0 Å². The highest BCUT2D eigenvalue weighted by Gasteiger charge is 2.10. The van der Waals surface area contributed by atoms with Crippen molar-refractivity contribution in [2.24, 2.45) is 0 Å². The summed E-state index contributed by atoms with van der Waals surface area (Å²) in [7, 11) is 1.58. The summed E-state index contributed by atoms with van der Waals surface area (Å²) in [5, 5.41) is 0.532. The van der Waals surface area contributed by atoms with Crippen molar-refractivity contribution in [1.29, 1.82) is 0 Å². The summed E-state index contributed by atoms with van der Waals surface area (Å²) in [5.41, 5.74) is 2.46. The second-order valence-corrected chi connectivity index (χ2v) is 5.13. The molecule has 110 valence electrons. The van der Waals surface area contributed by atoms with Crippen molar-refractivity contribution in [3.8, 4) is 17.1 Å². The Morgan fingerprint density at radius 1 is 1.29 bits per heavy atom. The van der Waals surface area contributed by atoms with Gasteiger partial charge in [0.2, 0.25) is 0 Å². The molecule has 3 heterocycles. The van der Waals surface area contributed by atoms with Crippen molar-refractivity contribution in [2.45, 2.75) is 13.8 Å². The number of hydrogen-bond acceptors (Lipinski definition) is 3. The lowest BCUT2D eigenvalue weighted by Gasteiger charge is -2.06. The monoisotopic (exact) mass is 367 g/mol. The number of rotatable bonds is 2. The van der Waals surface area contributed by atoms with Crippen LogP contribution in [0.3, 0.4) is 0 Å². The van der Waals surface area contributed by atoms with Crippen LogP contribution in [0.1, 0.15) is 13.8 Å². The fourth-order valence-electron chi connectivity index (χ4n) is 1.88. The van der Waals surface area contributed by atoms with Crippen LogP contribution in [-0.2, 0) is 0 Å². The van der Waals surface area contributed by atoms with Crippen molar-refractivity contribution in [3.63, 3.8) is 0 Å². The maximum absolute atomic E-state index is 6.15. The van der Waals surface area contributed by atoms with Gasteiger partial charge in [0.05, 0.1) is 29.7 Å². The van der Waals surface area contributed by atoms with Crippen LogP contribution in [0.15, 0.2) is 41.3 Å². The zero-order valence-corrected chi connectivity index (χ0v) is 14.3. The summed E-state index contributed by atoms with van der Waals surface area (Å²) in [5.74, 6) is 0.605. The average Bonchev–Trinajstić information content (AvgIpc) is 2.91. The third-order valence-corrected chi connectivity index (χ3v) is 3.49. The van der Waals surface area contributed by atoms with E-state index >= 15 is 0 Å². The van der Waals surface area contributed by atoms with Crippen LogP contribution in [0, 0.1) is 0 Å². The Balaban J connectivity index is 0.000000774. The number of ether oxygens (including phenoxy) is 1. The van der Waals surface area contributed by atoms with Crippen LogP contribution in [0.4, 0.5) is 0 Å². The molecule has 21 heavy (non-hydrogen) atoms. The van der Waals surface area contributed by atoms with E-state index in [0.29, 0.717) is 10.8 Å². The number of hydrogen-bond donors (Lipinski definition) is 0. The maximum atomic E-state index is 6.15. The van der Waals surface area contributed by atoms with Gasteiger partial charge in [0.15, 0.2) is 0 Å². The molecule has 0 aliphatic rings. The average molecular weight is 369 g/mol. The molecular formula is C15H15BrClN3O. The summed E-state index contributed by atoms with van der Waals surface area (Å²) < 4.78 is 7.84. The van der Waals surface area contributed by atoms with Gasteiger partial charge in [-0.15, -0.1) is 0 Å². The number of imidazole rings is 1. The zero-order chi connectivity index (χ0) is 15.4. The lowest BCUT2D eigenvalue weighted by molar-refractivity contribution is 0.415. The molecular weight excluding hydrogens is 354 g/mol. The first-order valence-corrected chi connectivity index (χ1v) is 7.69. The van der Waals surface area contributed by atoms with Crippen molar-refractivity contribution < 1.29 is 4.74 Å². The topological polar surface area (TPSA) is 39.4 Å². The van der Waals surface area contributed by atoms with Crippen LogP contribution in [0.2, 0.25) is 5.02 Å². The Morgan fingerprint density at radius 3 is 2.71 bits per heavy atom. The summed E-state index contributed by atoms with van der Waals surface area (Å²) in [6.45, 7) is 4.00. The van der Waals surface area contributed by atoms with Gasteiger partial charge >= 0.3 is 0 Å². The van der Waals surface area contributed by atoms with E-state index in [-0.39, 0.29) is 0 Å². The molecule has 6 heteroatoms. The molecule has 0 aliphatic carbocycles. The molecule has 3 aromatic heterocycles. The molecule has 3 aromatic rings. The van der Waals surface area contributed by atoms with Gasteiger partial charge in [-0.3, -0.25) is 4.40 Å². The largest absolute Gasteiger partial charge is 0.495 e. The molecule has 0 unspecified atom stereocenters. The van der Waals surface area contributed by atoms with Gasteiger partial charge in [0.1, 0.15) is 16.0 Å². The van der Waals surface area contributed by atoms with E-state index in [9.17, 15) is 0 Å². The second-order valence-electron chi connectivity index (χ2n) is 3.91. The summed E-state index contributed by atoms with van der Waals surface area (Å²) in [6.07, 6.45) is 3.54. The van der Waals surface area contributed by atoms with Crippen molar-refractivity contribution >= 4 is 33.2 Å². The summed E-state index contributed by atoms with van der Waals surface area (Å²) in [4.78, 5) is 8.76. The van der Waals surface area contributed by atoms with E-state index in [1.54, 1.807) is 25.6 Å². The van der Waals surface area contributed by atoms with E-state index in [1.165, 1.54) is 0 Å². The minimum Gasteiger partial charge on any atom is -0.495 e. The Morgan fingerprint density at radius 2 is 2.05 bits per heavy atom. The number of pyridine rings is 2. The SMILES string of the molecule is CC.COc1cc2ncc(-c3cccc(Br)n3)n2cc1Cl. The highest BCUT2D eigenvalue weighted by Crippen LogP contribution is 2.28. The quantitative estimate of drug-likeness (QED) is 0.607. The van der Waals surface area contributed by atoms with Gasteiger partial charge in [-0.1, -0.05) is 31.5 Å². The standard InChI is InChI=1S/C13H9BrClN3O.C2H6/c1-19-11-5-13-16-6-10(18(13)7-8(11)15)9-3-2-4-12(14)17-9;1-2/h2-7H,1H3;1-2H3. The summed E-state index contributed by atoms with van der Waals surface area (Å²) >= 11 is 9.51. The molecule has 0 fully saturated rings. The van der Waals surface area contributed by atoms with E-state index in [2.05, 4.69) is 25.9 Å². The fraction of sp³-hybridized carbons (Fsp3) is 0.200. The lowest BCUT2D eigenvalue weighted by Crippen LogP contribution is -1.93. The Hall–Kier alpha value is -1.59. The molecule has 3 rings (SSSR count). The van der Waals surface area contributed by atoms with Gasteiger partial charge in [-0.25, -0.2) is 9.97 Å². The van der Waals surface area contributed by atoms with Crippen LogP contribution in [0.5, 0.6) is 5.75 Å². The first-order chi connectivity index (χ1) is 10.2. The molecule has 0 saturated carbocycles. The molecule has 0 aromatic carbocycles. The minimum absolute atomic E-state index is 0.532. The predicted molar refractivity (Wildman–Crippen MR) is 89.0 cm³/mol. The van der Waals surface area contributed by atoms with Gasteiger partial charge in [-0.05, 0) is 28.1 Å². The van der Waals surface area contributed by atoms with Crippen molar-refractivity contribution in [2.75, 3.05) is 7.11 Å². The first kappa shape index (κ1) is 15.8. The normalized spacial score (nSPS) is 10.1. The molecule has 0 bridgehead atoms. The molecule has 0 radical (unpaired) electrons. The van der Waals surface area contributed by atoms with E-state index in [1.807, 2.05) is 36.4 Å². The highest BCUT2D eigenvalue weighted by molar-refractivity contribution is 9.10. The molecule has 4 nitrogen and oxygen atoms in total. The Bertz CT molecular complexity index is 758. The Kier molecular flexibility index (Phi) is 5.20. The molecule has 0 N–H and O–H groups in total. The van der Waals surface area contributed by atoms with Crippen molar-refractivity contribution in [1.82, 2.24) is 14.4 Å². The Labute approximate surface area is 136 Å². The van der Waals surface area contributed by atoms with Gasteiger partial charge in [-0.2, -0.15) is 0 Å². The van der Waals surface area contributed by atoms with E-state index in [0.717, 1.165) is 21.6 Å². The zero-order valence-electron chi connectivity index (χ0n) is 12.0. The fourth-order valence-corrected chi connectivity index (χ4v) is 2.45. The molecule has 0 aliphatic heterocycles. The highest BCUT2D eigenvalue weighted by atomic mass is 79.9. The van der Waals surface area contributed by atoms with Gasteiger partial charge in [0.25, 0.3) is 0 Å². The second kappa shape index (κ2) is 6.91. The summed E-state index contributed by atoms with van der Waals surface area (Å²) in [6, 6.07) is 7.52. The third-order valence-electron chi connectivity index (χ3n) is 2.76. The van der Waals surface area contributed by atoms with Crippen LogP contribution >= 0.6 is 27.5 Å². The smallest absolute Gasteiger partial charge is 0.142 e. The maximum Gasteiger partial charge on any atom is 0.142 e. The lowest BCUT2D eigenvalue weighted by atomic mass is 10.3. The van der Waals surface area contributed by atoms with Gasteiger partial charge < -0.3 is 4.74 Å². The van der Waals surface area contributed by atoms with Gasteiger partial charge in [0, 0.05) is 12.3 Å². The third kappa shape index (κ3) is 3.19. The van der Waals surface area contributed by atoms with Crippen LogP contribution in [-0.4, -0.2) is 21.5 Å². The first-order valence-electron chi connectivity index (χ1n) is 6.52. The number of aromatic nitrogens is 3. The number of fused-ring (bicyclic) bond motifs is 1. The van der Waals surface area contributed by atoms with Crippen molar-refractivity contribution in [3.05, 3.63) is 46.3 Å². The number of nitrogens with zero attached hydrogens (tertiary/aromatic N) is 3. The molecule has 0 spiro atoms.